The van der Waals surface area contributed by atoms with E-state index in [9.17, 15) is 27.9 Å². The van der Waals surface area contributed by atoms with Gasteiger partial charge >= 0.3 is 12.1 Å². The SMILES string of the molecule is COC(=O)c1ccc(CNC(=O)c2c(C#CC(C)(C)O)nc(Cl)n2Cc2ccc(C(F)(F)F)cc2)cc1. The lowest BCUT2D eigenvalue weighted by Crippen LogP contribution is -2.27. The molecule has 1 amide bonds. The van der Waals surface area contributed by atoms with E-state index in [-0.39, 0.29) is 29.8 Å². The standard InChI is InChI=1S/C26H23ClF3N3O4/c1-25(2,36)13-12-20-21(22(34)31-14-16-4-8-18(9-5-16)23(35)37-3)33(24(27)32-20)15-17-6-10-19(11-7-17)26(28,29)30/h4-11,36H,14-15H2,1-3H3,(H,31,34). The molecule has 0 bridgehead atoms. The second-order valence-corrected chi connectivity index (χ2v) is 8.88. The Bertz CT molecular complexity index is 1350. The van der Waals surface area contributed by atoms with Gasteiger partial charge in [-0.05, 0) is 66.8 Å². The molecule has 1 heterocycles. The number of rotatable bonds is 6. The Morgan fingerprint density at radius 2 is 1.68 bits per heavy atom. The number of carbonyl (C=O) groups is 2. The summed E-state index contributed by atoms with van der Waals surface area (Å²) in [6, 6.07) is 10.8. The Labute approximate surface area is 216 Å². The molecule has 3 aromatic rings. The van der Waals surface area contributed by atoms with Crippen molar-refractivity contribution >= 4 is 23.5 Å². The summed E-state index contributed by atoms with van der Waals surface area (Å²) in [6.07, 6.45) is -4.48. The Morgan fingerprint density at radius 3 is 2.22 bits per heavy atom. The van der Waals surface area contributed by atoms with Crippen LogP contribution in [0.4, 0.5) is 13.2 Å². The van der Waals surface area contributed by atoms with Gasteiger partial charge in [-0.2, -0.15) is 13.2 Å². The first kappa shape index (κ1) is 27.8. The number of benzene rings is 2. The van der Waals surface area contributed by atoms with Crippen LogP contribution in [0.25, 0.3) is 0 Å². The van der Waals surface area contributed by atoms with E-state index < -0.39 is 29.2 Å². The molecule has 37 heavy (non-hydrogen) atoms. The van der Waals surface area contributed by atoms with Gasteiger partial charge in [0.05, 0.1) is 24.8 Å². The van der Waals surface area contributed by atoms with E-state index in [0.29, 0.717) is 16.7 Å². The molecule has 0 aliphatic carbocycles. The van der Waals surface area contributed by atoms with Crippen molar-refractivity contribution in [2.75, 3.05) is 7.11 Å². The number of imidazole rings is 1. The van der Waals surface area contributed by atoms with E-state index in [2.05, 4.69) is 26.9 Å². The highest BCUT2D eigenvalue weighted by Crippen LogP contribution is 2.29. The van der Waals surface area contributed by atoms with Crippen LogP contribution in [0.3, 0.4) is 0 Å². The molecule has 2 aromatic carbocycles. The van der Waals surface area contributed by atoms with Crippen LogP contribution in [-0.2, 0) is 24.0 Å². The molecule has 0 aliphatic rings. The lowest BCUT2D eigenvalue weighted by Gasteiger charge is -2.12. The highest BCUT2D eigenvalue weighted by molar-refractivity contribution is 6.29. The second-order valence-electron chi connectivity index (χ2n) is 8.54. The largest absolute Gasteiger partial charge is 0.465 e. The van der Waals surface area contributed by atoms with Crippen molar-refractivity contribution in [3.8, 4) is 11.8 Å². The van der Waals surface area contributed by atoms with Gasteiger partial charge in [0.25, 0.3) is 5.91 Å². The number of esters is 1. The maximum Gasteiger partial charge on any atom is 0.416 e. The van der Waals surface area contributed by atoms with Gasteiger partial charge in [0.2, 0.25) is 5.28 Å². The molecule has 2 N–H and O–H groups in total. The third-order valence-corrected chi connectivity index (χ3v) is 5.36. The zero-order chi connectivity index (χ0) is 27.4. The first-order chi connectivity index (χ1) is 17.3. The second kappa shape index (κ2) is 11.1. The molecule has 1 aromatic heterocycles. The number of nitrogens with zero attached hydrogens (tertiary/aromatic N) is 2. The van der Waals surface area contributed by atoms with E-state index in [1.165, 1.54) is 37.7 Å². The van der Waals surface area contributed by atoms with Crippen molar-refractivity contribution in [2.45, 2.75) is 38.7 Å². The summed E-state index contributed by atoms with van der Waals surface area (Å²) in [4.78, 5) is 28.9. The fourth-order valence-electron chi connectivity index (χ4n) is 3.22. The Kier molecular flexibility index (Phi) is 8.31. The summed E-state index contributed by atoms with van der Waals surface area (Å²) in [5.41, 5.74) is -0.722. The monoisotopic (exact) mass is 533 g/mol. The molecular formula is C26H23ClF3N3O4. The number of aliphatic hydroxyl groups is 1. The third-order valence-electron chi connectivity index (χ3n) is 5.07. The third kappa shape index (κ3) is 7.35. The number of halogens is 4. The van der Waals surface area contributed by atoms with Crippen molar-refractivity contribution in [3.63, 3.8) is 0 Å². The highest BCUT2D eigenvalue weighted by Gasteiger charge is 2.30. The van der Waals surface area contributed by atoms with Crippen LogP contribution >= 0.6 is 11.6 Å². The minimum Gasteiger partial charge on any atom is -0.465 e. The fraction of sp³-hybridized carbons (Fsp3) is 0.269. The molecule has 0 aliphatic heterocycles. The van der Waals surface area contributed by atoms with Gasteiger partial charge in [-0.1, -0.05) is 30.2 Å². The van der Waals surface area contributed by atoms with Crippen LogP contribution in [0.2, 0.25) is 5.28 Å². The van der Waals surface area contributed by atoms with Crippen molar-refractivity contribution in [2.24, 2.45) is 0 Å². The number of hydrogen-bond acceptors (Lipinski definition) is 5. The zero-order valence-corrected chi connectivity index (χ0v) is 20.9. The van der Waals surface area contributed by atoms with Gasteiger partial charge in [-0.15, -0.1) is 0 Å². The van der Waals surface area contributed by atoms with Gasteiger partial charge in [0, 0.05) is 6.54 Å². The Hall–Kier alpha value is -3.81. The van der Waals surface area contributed by atoms with E-state index in [0.717, 1.165) is 12.1 Å². The normalized spacial score (nSPS) is 11.5. The van der Waals surface area contributed by atoms with Crippen molar-refractivity contribution < 1.29 is 32.6 Å². The maximum atomic E-state index is 13.2. The van der Waals surface area contributed by atoms with Gasteiger partial charge in [0.15, 0.2) is 0 Å². The number of methoxy groups -OCH3 is 1. The summed E-state index contributed by atoms with van der Waals surface area (Å²) < 4.78 is 44.8. The number of carbonyl (C=O) groups excluding carboxylic acids is 2. The first-order valence-electron chi connectivity index (χ1n) is 10.9. The minimum absolute atomic E-state index is 0.00224. The van der Waals surface area contributed by atoms with Crippen LogP contribution in [0.5, 0.6) is 0 Å². The molecule has 194 valence electrons. The number of nitrogens with one attached hydrogen (secondary N) is 1. The van der Waals surface area contributed by atoms with E-state index in [1.807, 2.05) is 0 Å². The van der Waals surface area contributed by atoms with E-state index >= 15 is 0 Å². The van der Waals surface area contributed by atoms with E-state index in [4.69, 9.17) is 11.6 Å². The van der Waals surface area contributed by atoms with Crippen LogP contribution in [0, 0.1) is 11.8 Å². The predicted molar refractivity (Wildman–Crippen MR) is 130 cm³/mol. The maximum absolute atomic E-state index is 13.2. The average molecular weight is 534 g/mol. The number of aromatic nitrogens is 2. The Morgan fingerprint density at radius 1 is 1.08 bits per heavy atom. The van der Waals surface area contributed by atoms with Gasteiger partial charge in [-0.25, -0.2) is 9.78 Å². The number of hydrogen-bond donors (Lipinski definition) is 2. The molecule has 0 radical (unpaired) electrons. The predicted octanol–water partition coefficient (Wildman–Crippen LogP) is 4.44. The molecule has 0 fully saturated rings. The number of amides is 1. The smallest absolute Gasteiger partial charge is 0.416 e. The van der Waals surface area contributed by atoms with Gasteiger partial charge in [0.1, 0.15) is 17.0 Å². The minimum atomic E-state index is -4.48. The van der Waals surface area contributed by atoms with E-state index in [1.54, 1.807) is 24.3 Å². The first-order valence-corrected chi connectivity index (χ1v) is 11.3. The van der Waals surface area contributed by atoms with Gasteiger partial charge < -0.3 is 19.7 Å². The van der Waals surface area contributed by atoms with Crippen LogP contribution in [0.1, 0.15) is 57.1 Å². The van der Waals surface area contributed by atoms with Crippen molar-refractivity contribution in [1.29, 1.82) is 0 Å². The number of ether oxygens (including phenoxy) is 1. The highest BCUT2D eigenvalue weighted by atomic mass is 35.5. The Balaban J connectivity index is 1.90. The van der Waals surface area contributed by atoms with Crippen molar-refractivity contribution in [1.82, 2.24) is 14.9 Å². The zero-order valence-electron chi connectivity index (χ0n) is 20.1. The van der Waals surface area contributed by atoms with Crippen LogP contribution in [0.15, 0.2) is 48.5 Å². The average Bonchev–Trinajstić information content (AvgIpc) is 3.15. The molecule has 0 saturated heterocycles. The summed E-state index contributed by atoms with van der Waals surface area (Å²) in [5.74, 6) is 4.15. The van der Waals surface area contributed by atoms with Crippen LogP contribution in [-0.4, -0.2) is 39.2 Å². The summed E-state index contributed by atoms with van der Waals surface area (Å²) >= 11 is 6.29. The summed E-state index contributed by atoms with van der Waals surface area (Å²) in [7, 11) is 1.27. The lowest BCUT2D eigenvalue weighted by atomic mass is 10.1. The number of alkyl halides is 3. The molecular weight excluding hydrogens is 511 g/mol. The molecule has 7 nitrogen and oxygen atoms in total. The summed E-state index contributed by atoms with van der Waals surface area (Å²) in [5, 5.41) is 12.6. The molecule has 3 rings (SSSR count). The lowest BCUT2D eigenvalue weighted by molar-refractivity contribution is -0.137. The topological polar surface area (TPSA) is 93.4 Å². The summed E-state index contributed by atoms with van der Waals surface area (Å²) in [6.45, 7) is 2.95. The van der Waals surface area contributed by atoms with Crippen molar-refractivity contribution in [3.05, 3.63) is 87.5 Å². The quantitative estimate of drug-likeness (QED) is 0.361. The molecule has 0 unspecified atom stereocenters. The fourth-order valence-corrected chi connectivity index (χ4v) is 3.45. The molecule has 0 saturated carbocycles. The molecule has 0 atom stereocenters. The van der Waals surface area contributed by atoms with Gasteiger partial charge in [-0.3, -0.25) is 4.79 Å². The molecule has 11 heteroatoms. The molecule has 0 spiro atoms. The van der Waals surface area contributed by atoms with Crippen LogP contribution < -0.4 is 5.32 Å².